The number of fused-ring (bicyclic) bond motifs is 4. The minimum atomic E-state index is -1.35. The molecule has 1 aliphatic heterocycles. The van der Waals surface area contributed by atoms with Gasteiger partial charge in [-0.1, -0.05) is 0 Å². The molecule has 0 radical (unpaired) electrons. The largest absolute Gasteiger partial charge is 0.507 e. The van der Waals surface area contributed by atoms with Gasteiger partial charge in [-0.05, 0) is 56.6 Å². The van der Waals surface area contributed by atoms with Crippen molar-refractivity contribution in [1.82, 2.24) is 10.3 Å². The fraction of sp³-hybridized carbons (Fsp3) is 0.542. The third kappa shape index (κ3) is 4.50. The summed E-state index contributed by atoms with van der Waals surface area (Å²) in [4.78, 5) is 16.4. The lowest BCUT2D eigenvalue weighted by molar-refractivity contribution is -0.132. The summed E-state index contributed by atoms with van der Waals surface area (Å²) in [5.41, 5.74) is 2.69. The molecule has 2 saturated carbocycles. The molecule has 0 spiro atoms. The third-order valence-corrected chi connectivity index (χ3v) is 6.56. The summed E-state index contributed by atoms with van der Waals surface area (Å²) in [7, 11) is 1.68. The average Bonchev–Trinajstić information content (AvgIpc) is 3.53. The quantitative estimate of drug-likeness (QED) is 0.198. The van der Waals surface area contributed by atoms with Crippen LogP contribution in [0.5, 0.6) is 5.75 Å². The molecule has 1 aromatic heterocycles. The van der Waals surface area contributed by atoms with Gasteiger partial charge in [0.25, 0.3) is 0 Å². The summed E-state index contributed by atoms with van der Waals surface area (Å²) in [6.07, 6.45) is 7.90. The van der Waals surface area contributed by atoms with Crippen molar-refractivity contribution in [1.29, 1.82) is 5.41 Å². The second-order valence-electron chi connectivity index (χ2n) is 9.21. The van der Waals surface area contributed by atoms with Crippen molar-refractivity contribution >= 4 is 17.9 Å². The highest BCUT2D eigenvalue weighted by Crippen LogP contribution is 2.50. The zero-order valence-electron chi connectivity index (χ0n) is 18.6. The van der Waals surface area contributed by atoms with Gasteiger partial charge in [0.1, 0.15) is 17.1 Å². The Kier molecular flexibility index (Phi) is 6.24. The number of aromatic nitrogens is 1. The number of ether oxygens (including phenoxy) is 2. The number of pyridine rings is 1. The van der Waals surface area contributed by atoms with E-state index in [1.54, 1.807) is 7.11 Å². The molecule has 0 saturated heterocycles. The second kappa shape index (κ2) is 8.94. The van der Waals surface area contributed by atoms with Crippen LogP contribution in [0.4, 0.5) is 0 Å². The standard InChI is InChI=1S/C24H31N3O5/c1-24-7-6-15(12-24)16-10-20(32-9-3-8-31-2)21(14-4-5-14)26-22(16)18(27-24)11-19(28)17(13-25)23(29)30/h10-11,13-15,25,27-28H,3-9,12H2,1-2H3,(H,29,30)/b18-11-,19-17?,25-13?. The molecule has 1 aromatic rings. The van der Waals surface area contributed by atoms with Crippen molar-refractivity contribution in [2.75, 3.05) is 20.3 Å². The molecule has 32 heavy (non-hydrogen) atoms. The zero-order valence-corrected chi connectivity index (χ0v) is 18.6. The van der Waals surface area contributed by atoms with E-state index in [2.05, 4.69) is 18.3 Å². The average molecular weight is 442 g/mol. The summed E-state index contributed by atoms with van der Waals surface area (Å²) in [6.45, 7) is 3.34. The second-order valence-corrected chi connectivity index (χ2v) is 9.21. The minimum Gasteiger partial charge on any atom is -0.507 e. The van der Waals surface area contributed by atoms with Crippen LogP contribution in [0.1, 0.15) is 74.2 Å². The van der Waals surface area contributed by atoms with Gasteiger partial charge in [0, 0.05) is 43.9 Å². The Morgan fingerprint density at radius 1 is 1.31 bits per heavy atom. The molecule has 3 aliphatic rings. The number of carbonyl (C=O) groups is 1. The summed E-state index contributed by atoms with van der Waals surface area (Å²) in [5, 5.41) is 30.7. The van der Waals surface area contributed by atoms with E-state index in [1.165, 1.54) is 6.08 Å². The maximum absolute atomic E-state index is 11.4. The smallest absolute Gasteiger partial charge is 0.341 e. The van der Waals surface area contributed by atoms with E-state index in [0.29, 0.717) is 37.0 Å². The van der Waals surface area contributed by atoms with Crippen LogP contribution in [0.3, 0.4) is 0 Å². The van der Waals surface area contributed by atoms with Crippen molar-refractivity contribution in [3.8, 4) is 5.75 Å². The first-order valence-corrected chi connectivity index (χ1v) is 11.2. The fourth-order valence-corrected chi connectivity index (χ4v) is 4.77. The van der Waals surface area contributed by atoms with Crippen LogP contribution in [0.25, 0.3) is 5.70 Å². The highest BCUT2D eigenvalue weighted by Gasteiger charge is 2.42. The fourth-order valence-electron chi connectivity index (χ4n) is 4.77. The van der Waals surface area contributed by atoms with Gasteiger partial charge in [0.2, 0.25) is 0 Å². The molecule has 8 heteroatoms. The van der Waals surface area contributed by atoms with Gasteiger partial charge < -0.3 is 30.4 Å². The first-order valence-electron chi connectivity index (χ1n) is 11.2. The molecular formula is C24H31N3O5. The molecule has 8 nitrogen and oxygen atoms in total. The number of hydrogen-bond donors (Lipinski definition) is 4. The molecule has 2 aliphatic carbocycles. The predicted octanol–water partition coefficient (Wildman–Crippen LogP) is 3.89. The van der Waals surface area contributed by atoms with E-state index in [9.17, 15) is 15.0 Å². The molecule has 2 unspecified atom stereocenters. The highest BCUT2D eigenvalue weighted by molar-refractivity contribution is 6.08. The van der Waals surface area contributed by atoms with Crippen LogP contribution in [-0.4, -0.2) is 53.2 Å². The molecular weight excluding hydrogens is 410 g/mol. The van der Waals surface area contributed by atoms with E-state index in [1.807, 2.05) is 0 Å². The van der Waals surface area contributed by atoms with Crippen molar-refractivity contribution < 1.29 is 24.5 Å². The van der Waals surface area contributed by atoms with Gasteiger partial charge in [0.05, 0.1) is 23.7 Å². The number of aliphatic carboxylic acids is 1. The van der Waals surface area contributed by atoms with Crippen LogP contribution in [0.2, 0.25) is 0 Å². The van der Waals surface area contributed by atoms with Crippen molar-refractivity contribution in [3.05, 3.63) is 40.4 Å². The Bertz CT molecular complexity index is 982. The number of aliphatic hydroxyl groups is 1. The molecule has 4 N–H and O–H groups in total. The number of hydrogen-bond acceptors (Lipinski definition) is 7. The number of allylic oxidation sites excluding steroid dienone is 1. The molecule has 2 atom stereocenters. The molecule has 4 rings (SSSR count). The number of aliphatic hydroxyl groups excluding tert-OH is 1. The van der Waals surface area contributed by atoms with Crippen LogP contribution in [0, 0.1) is 5.41 Å². The molecule has 0 amide bonds. The molecule has 0 aromatic carbocycles. The molecule has 2 heterocycles. The van der Waals surface area contributed by atoms with E-state index >= 15 is 0 Å². The van der Waals surface area contributed by atoms with Crippen molar-refractivity contribution in [2.24, 2.45) is 0 Å². The summed E-state index contributed by atoms with van der Waals surface area (Å²) in [5.74, 6) is -0.319. The minimum absolute atomic E-state index is 0.176. The Hall–Kier alpha value is -2.87. The predicted molar refractivity (Wildman–Crippen MR) is 120 cm³/mol. The maximum atomic E-state index is 11.4. The molecule has 2 fully saturated rings. The topological polar surface area (TPSA) is 125 Å². The number of methoxy groups -OCH3 is 1. The summed E-state index contributed by atoms with van der Waals surface area (Å²) >= 11 is 0. The lowest BCUT2D eigenvalue weighted by atomic mass is 9.93. The maximum Gasteiger partial charge on any atom is 0.341 e. The van der Waals surface area contributed by atoms with Crippen molar-refractivity contribution in [3.63, 3.8) is 0 Å². The third-order valence-electron chi connectivity index (χ3n) is 6.56. The number of carboxylic acids is 1. The first-order chi connectivity index (χ1) is 15.3. The van der Waals surface area contributed by atoms with E-state index in [0.717, 1.165) is 61.2 Å². The number of nitrogens with one attached hydrogen (secondary N) is 2. The first kappa shape index (κ1) is 22.3. The number of nitrogens with zero attached hydrogens (tertiary/aromatic N) is 1. The van der Waals surface area contributed by atoms with Crippen LogP contribution >= 0.6 is 0 Å². The number of rotatable bonds is 9. The Morgan fingerprint density at radius 2 is 2.09 bits per heavy atom. The van der Waals surface area contributed by atoms with Gasteiger partial charge in [-0.2, -0.15) is 0 Å². The highest BCUT2D eigenvalue weighted by atomic mass is 16.5. The Morgan fingerprint density at radius 3 is 2.75 bits per heavy atom. The van der Waals surface area contributed by atoms with Gasteiger partial charge in [-0.3, -0.25) is 0 Å². The van der Waals surface area contributed by atoms with Crippen LogP contribution in [0.15, 0.2) is 23.5 Å². The van der Waals surface area contributed by atoms with Gasteiger partial charge in [0.15, 0.2) is 0 Å². The van der Waals surface area contributed by atoms with E-state index in [-0.39, 0.29) is 5.54 Å². The monoisotopic (exact) mass is 441 g/mol. The Balaban J connectivity index is 1.80. The zero-order chi connectivity index (χ0) is 22.9. The SMILES string of the molecule is COCCCOc1cc2c(nc1C1CC1)/C(=C/C(O)=C(C=N)C(=O)O)NC1(C)CCC2C1. The lowest BCUT2D eigenvalue weighted by Gasteiger charge is -2.27. The van der Waals surface area contributed by atoms with Gasteiger partial charge in [-0.15, -0.1) is 0 Å². The van der Waals surface area contributed by atoms with Gasteiger partial charge in [-0.25, -0.2) is 9.78 Å². The van der Waals surface area contributed by atoms with Crippen LogP contribution < -0.4 is 10.1 Å². The number of carboxylic acid groups (broad SMARTS) is 1. The molecule has 2 bridgehead atoms. The lowest BCUT2D eigenvalue weighted by Crippen LogP contribution is -2.37. The van der Waals surface area contributed by atoms with Gasteiger partial charge >= 0.3 is 5.97 Å². The van der Waals surface area contributed by atoms with E-state index < -0.39 is 17.3 Å². The normalized spacial score (nSPS) is 26.1. The molecule has 172 valence electrons. The Labute approximate surface area is 187 Å². The van der Waals surface area contributed by atoms with E-state index in [4.69, 9.17) is 19.9 Å². The summed E-state index contributed by atoms with van der Waals surface area (Å²) in [6, 6.07) is 2.11. The van der Waals surface area contributed by atoms with Crippen molar-refractivity contribution in [2.45, 2.75) is 62.8 Å². The summed E-state index contributed by atoms with van der Waals surface area (Å²) < 4.78 is 11.3. The van der Waals surface area contributed by atoms with Crippen LogP contribution in [-0.2, 0) is 9.53 Å².